The number of hydrogen-bond acceptors (Lipinski definition) is 11. The number of hydrogen-bond donors (Lipinski definition) is 0. The third kappa shape index (κ3) is 8.10. The van der Waals surface area contributed by atoms with Crippen molar-refractivity contribution in [2.24, 2.45) is 20.5 Å². The van der Waals surface area contributed by atoms with Crippen LogP contribution in [0.2, 0.25) is 0 Å². The van der Waals surface area contributed by atoms with Crippen LogP contribution in [-0.2, 0) is 38.2 Å². The van der Waals surface area contributed by atoms with Crippen molar-refractivity contribution in [2.45, 2.75) is 119 Å². The molecular weight excluding hydrogens is 719 g/mol. The third-order valence-electron chi connectivity index (χ3n) is 7.60. The average Bonchev–Trinajstić information content (AvgIpc) is 3.83. The van der Waals surface area contributed by atoms with Gasteiger partial charge in [-0.15, -0.1) is 0 Å². The number of nitriles is 1. The first-order valence-corrected chi connectivity index (χ1v) is 16.5. The van der Waals surface area contributed by atoms with Crippen LogP contribution in [0.15, 0.2) is 20.5 Å². The average molecular weight is 762 g/mol. The summed E-state index contributed by atoms with van der Waals surface area (Å²) in [5.74, 6) is 1.62. The van der Waals surface area contributed by atoms with Crippen molar-refractivity contribution in [2.75, 3.05) is 0 Å². The number of rotatable bonds is 4. The van der Waals surface area contributed by atoms with Gasteiger partial charge in [-0.3, -0.25) is 29.7 Å². The fourth-order valence-electron chi connectivity index (χ4n) is 5.10. The van der Waals surface area contributed by atoms with Crippen molar-refractivity contribution in [3.63, 3.8) is 0 Å². The Morgan fingerprint density at radius 3 is 1.40 bits per heavy atom. The Bertz CT molecular complexity index is 2230. The minimum absolute atomic E-state index is 0. The molecule has 53 heavy (non-hydrogen) atoms. The molecule has 0 atom stereocenters. The molecular formula is C34H42N18Ni-4. The van der Waals surface area contributed by atoms with E-state index < -0.39 is 0 Å². The minimum atomic E-state index is -0.304. The van der Waals surface area contributed by atoms with Gasteiger partial charge in [0.05, 0.1) is 57.6 Å². The Labute approximate surface area is 317 Å². The maximum Gasteiger partial charge on any atom is 0.210 e. The molecule has 0 spiro atoms. The summed E-state index contributed by atoms with van der Waals surface area (Å²) < 4.78 is 2.93. The molecule has 0 aliphatic carbocycles. The van der Waals surface area contributed by atoms with E-state index in [9.17, 15) is 5.26 Å². The van der Waals surface area contributed by atoms with Crippen LogP contribution in [-0.4, -0.2) is 39.9 Å². The Hall–Kier alpha value is -5.55. The Kier molecular flexibility index (Phi) is 10.7. The standard InChI is InChI=1S/2C17H21N9.Ni/c1-9-19-15-11(13(17(5,6)7)25-26(15)24-9)20-22-14-10(18-8)12(21-23-14)16(2,3)4;1-9-19-15-11(13(17(5,6)7)25-26(15)24-9)20-22-14-10(8-18)12(21-23-14)16(2,3)4;/h2*1-7H3;/q2*-2;. The number of azo groups is 2. The van der Waals surface area contributed by atoms with E-state index in [1.165, 1.54) is 9.26 Å². The van der Waals surface area contributed by atoms with Crippen LogP contribution in [0.25, 0.3) is 16.1 Å². The van der Waals surface area contributed by atoms with E-state index in [-0.39, 0.29) is 49.8 Å². The number of aromatic nitrogens is 12. The zero-order chi connectivity index (χ0) is 38.6. The van der Waals surface area contributed by atoms with Crippen LogP contribution >= 0.6 is 0 Å². The molecule has 0 amide bonds. The molecule has 0 aliphatic rings. The van der Waals surface area contributed by atoms with Crippen LogP contribution in [0.3, 0.4) is 0 Å². The summed E-state index contributed by atoms with van der Waals surface area (Å²) in [4.78, 5) is 12.3. The fourth-order valence-corrected chi connectivity index (χ4v) is 5.10. The number of nitrogens with zero attached hydrogens (tertiary/aromatic N) is 18. The van der Waals surface area contributed by atoms with Crippen LogP contribution in [0, 0.1) is 31.8 Å². The van der Waals surface area contributed by atoms with E-state index in [4.69, 9.17) is 6.57 Å². The third-order valence-corrected chi connectivity index (χ3v) is 7.60. The zero-order valence-corrected chi connectivity index (χ0v) is 33.4. The summed E-state index contributed by atoms with van der Waals surface area (Å²) in [5, 5.41) is 60.4. The normalized spacial score (nSPS) is 12.8. The maximum atomic E-state index is 9.50. The largest absolute Gasteiger partial charge is 0.365 e. The van der Waals surface area contributed by atoms with Gasteiger partial charge in [-0.1, -0.05) is 83.1 Å². The molecule has 0 radical (unpaired) electrons. The van der Waals surface area contributed by atoms with Crippen molar-refractivity contribution < 1.29 is 16.5 Å². The fraction of sp³-hybridized carbons (Fsp3) is 0.529. The van der Waals surface area contributed by atoms with E-state index >= 15 is 0 Å². The summed E-state index contributed by atoms with van der Waals surface area (Å²) in [6.07, 6.45) is 0. The van der Waals surface area contributed by atoms with Crippen LogP contribution < -0.4 is 20.2 Å². The van der Waals surface area contributed by atoms with E-state index in [0.717, 1.165) is 11.4 Å². The summed E-state index contributed by atoms with van der Waals surface area (Å²) >= 11 is 0. The van der Waals surface area contributed by atoms with E-state index in [2.05, 4.69) is 82.1 Å². The molecule has 6 rings (SSSR count). The Balaban J connectivity index is 0.000000232. The Morgan fingerprint density at radius 2 is 1.00 bits per heavy atom. The molecule has 0 aliphatic heterocycles. The molecule has 6 aromatic rings. The van der Waals surface area contributed by atoms with Gasteiger partial charge < -0.3 is 40.6 Å². The van der Waals surface area contributed by atoms with E-state index in [0.29, 0.717) is 57.0 Å². The zero-order valence-electron chi connectivity index (χ0n) is 32.4. The molecule has 0 saturated heterocycles. The molecule has 0 bridgehead atoms. The molecule has 0 saturated carbocycles. The molecule has 0 aromatic carbocycles. The number of fused-ring (bicyclic) bond motifs is 2. The first-order valence-electron chi connectivity index (χ1n) is 16.5. The predicted octanol–water partition coefficient (Wildman–Crippen LogP) is 7.14. The molecule has 6 aromatic heterocycles. The van der Waals surface area contributed by atoms with Crippen molar-refractivity contribution >= 4 is 40.0 Å². The van der Waals surface area contributed by atoms with Gasteiger partial charge in [0.2, 0.25) is 5.69 Å². The second-order valence-electron chi connectivity index (χ2n) is 16.4. The Morgan fingerprint density at radius 1 is 0.604 bits per heavy atom. The monoisotopic (exact) mass is 760 g/mol. The summed E-state index contributed by atoms with van der Waals surface area (Å²) in [6, 6.07) is 2.14. The molecule has 6 heterocycles. The molecule has 0 N–H and O–H groups in total. The second-order valence-corrected chi connectivity index (χ2v) is 16.4. The van der Waals surface area contributed by atoms with Crippen LogP contribution in [0.1, 0.15) is 123 Å². The molecule has 0 fully saturated rings. The van der Waals surface area contributed by atoms with Gasteiger partial charge in [0.15, 0.2) is 0 Å². The predicted molar refractivity (Wildman–Crippen MR) is 191 cm³/mol. The van der Waals surface area contributed by atoms with Gasteiger partial charge in [-0.05, 0) is 42.5 Å². The van der Waals surface area contributed by atoms with E-state index in [1.807, 2.05) is 83.1 Å². The topological polar surface area (TPSA) is 220 Å². The molecule has 0 unspecified atom stereocenters. The molecule has 19 heteroatoms. The minimum Gasteiger partial charge on any atom is -0.365 e. The molecule has 18 nitrogen and oxygen atoms in total. The summed E-state index contributed by atoms with van der Waals surface area (Å²) in [6.45, 7) is 35.1. The summed E-state index contributed by atoms with van der Waals surface area (Å²) in [5.41, 5.74) is 4.35. The molecule has 282 valence electrons. The van der Waals surface area contributed by atoms with Gasteiger partial charge in [0.1, 0.15) is 6.07 Å². The SMILES string of the molecule is Cc1nn2nc(C(C)(C)C)c(N=Nc3[n-]nc(C(C)(C)C)c3C#N)c2[n-]1.[C-]#[N+]c1c(C(C)(C)C)n[n-]c1N=Nc1c(C(C)(C)C)nn2nc(C)[n-]c12.[Ni]. The van der Waals surface area contributed by atoms with Gasteiger partial charge in [0, 0.05) is 32.7 Å². The van der Waals surface area contributed by atoms with Gasteiger partial charge in [-0.25, -0.2) is 15.0 Å². The van der Waals surface area contributed by atoms with Crippen LogP contribution in [0.4, 0.5) is 28.7 Å². The van der Waals surface area contributed by atoms with Crippen molar-refractivity contribution in [1.29, 1.82) is 5.26 Å². The maximum absolute atomic E-state index is 9.50. The second kappa shape index (κ2) is 14.1. The van der Waals surface area contributed by atoms with Gasteiger partial charge in [-0.2, -0.15) is 5.26 Å². The first kappa shape index (κ1) is 40.2. The quantitative estimate of drug-likeness (QED) is 0.0998. The first-order chi connectivity index (χ1) is 24.0. The van der Waals surface area contributed by atoms with Gasteiger partial charge in [0.25, 0.3) is 0 Å². The van der Waals surface area contributed by atoms with Gasteiger partial charge >= 0.3 is 0 Å². The van der Waals surface area contributed by atoms with E-state index in [1.54, 1.807) is 13.8 Å². The number of aryl methyl sites for hydroxylation is 2. The van der Waals surface area contributed by atoms with Crippen LogP contribution in [0.5, 0.6) is 0 Å². The van der Waals surface area contributed by atoms with Crippen molar-refractivity contribution in [3.05, 3.63) is 51.4 Å². The van der Waals surface area contributed by atoms with Crippen molar-refractivity contribution in [1.82, 2.24) is 60.0 Å². The summed E-state index contributed by atoms with van der Waals surface area (Å²) in [7, 11) is 0. The smallest absolute Gasteiger partial charge is 0.210 e. The van der Waals surface area contributed by atoms with Crippen molar-refractivity contribution in [3.8, 4) is 6.07 Å².